The van der Waals surface area contributed by atoms with Gasteiger partial charge in [-0.25, -0.2) is 0 Å². The van der Waals surface area contributed by atoms with Crippen LogP contribution in [0, 0.1) is 24.2 Å². The Balaban J connectivity index is 1.70. The molecule has 1 N–H and O–H groups in total. The molecule has 3 rings (SSSR count). The highest BCUT2D eigenvalue weighted by molar-refractivity contribution is 5.96. The third-order valence-electron chi connectivity index (χ3n) is 5.65. The zero-order valence-corrected chi connectivity index (χ0v) is 15.6. The predicted molar refractivity (Wildman–Crippen MR) is 101 cm³/mol. The minimum atomic E-state index is 0.0603. The first-order valence-corrected chi connectivity index (χ1v) is 9.12. The van der Waals surface area contributed by atoms with E-state index in [1.54, 1.807) is 0 Å². The van der Waals surface area contributed by atoms with Gasteiger partial charge in [-0.2, -0.15) is 0 Å². The number of carbonyl (C=O) groups excluding carboxylic acids is 1. The second-order valence-electron chi connectivity index (χ2n) is 8.25. The van der Waals surface area contributed by atoms with Gasteiger partial charge in [0.2, 0.25) is 5.91 Å². The van der Waals surface area contributed by atoms with Crippen LogP contribution in [-0.2, 0) is 4.79 Å². The van der Waals surface area contributed by atoms with Crippen molar-refractivity contribution in [2.75, 3.05) is 23.3 Å². The van der Waals surface area contributed by atoms with E-state index in [9.17, 15) is 4.79 Å². The van der Waals surface area contributed by atoms with Crippen molar-refractivity contribution in [1.82, 2.24) is 0 Å². The molecule has 0 unspecified atom stereocenters. The summed E-state index contributed by atoms with van der Waals surface area (Å²) in [5, 5.41) is 3.16. The van der Waals surface area contributed by atoms with Crippen LogP contribution in [0.4, 0.5) is 11.4 Å². The molecule has 2 atom stereocenters. The van der Waals surface area contributed by atoms with Crippen LogP contribution in [0.3, 0.4) is 0 Å². The topological polar surface area (TPSA) is 32.3 Å². The van der Waals surface area contributed by atoms with E-state index in [0.717, 1.165) is 24.3 Å². The molecule has 1 heterocycles. The predicted octanol–water partition coefficient (Wildman–Crippen LogP) is 4.77. The lowest BCUT2D eigenvalue weighted by molar-refractivity contribution is -0.118. The van der Waals surface area contributed by atoms with Crippen molar-refractivity contribution in [3.05, 3.63) is 35.4 Å². The molecule has 3 heteroatoms. The fraction of sp³-hybridized carbons (Fsp3) is 0.571. The summed E-state index contributed by atoms with van der Waals surface area (Å²) in [6.45, 7) is 12.9. The maximum atomic E-state index is 12.7. The molecule has 3 nitrogen and oxygen atoms in total. The van der Waals surface area contributed by atoms with Crippen molar-refractivity contribution in [2.24, 2.45) is 17.3 Å². The molecular formula is C21H30N2O. The van der Waals surface area contributed by atoms with Crippen LogP contribution in [-0.4, -0.2) is 19.0 Å². The highest BCUT2D eigenvalue weighted by Crippen LogP contribution is 2.59. The molecule has 24 heavy (non-hydrogen) atoms. The van der Waals surface area contributed by atoms with E-state index in [4.69, 9.17) is 0 Å². The lowest BCUT2D eigenvalue weighted by Crippen LogP contribution is -2.19. The second-order valence-corrected chi connectivity index (χ2v) is 8.25. The van der Waals surface area contributed by atoms with E-state index in [2.05, 4.69) is 69.1 Å². The minimum absolute atomic E-state index is 0.0603. The number of rotatable bonds is 4. The van der Waals surface area contributed by atoms with Crippen LogP contribution in [0.2, 0.25) is 0 Å². The van der Waals surface area contributed by atoms with Crippen LogP contribution < -0.4 is 10.2 Å². The molecule has 0 spiro atoms. The van der Waals surface area contributed by atoms with E-state index in [1.807, 2.05) is 0 Å². The molecule has 0 aromatic heterocycles. The van der Waals surface area contributed by atoms with Gasteiger partial charge in [-0.1, -0.05) is 25.5 Å². The zero-order valence-electron chi connectivity index (χ0n) is 15.6. The number of anilines is 2. The Morgan fingerprint density at radius 1 is 1.25 bits per heavy atom. The summed E-state index contributed by atoms with van der Waals surface area (Å²) >= 11 is 0. The summed E-state index contributed by atoms with van der Waals surface area (Å²) in [5.74, 6) is 0.580. The molecule has 0 radical (unpaired) electrons. The summed E-state index contributed by atoms with van der Waals surface area (Å²) < 4.78 is 0. The number of amides is 1. The molecule has 1 saturated carbocycles. The molecule has 1 aromatic rings. The Hall–Kier alpha value is -1.77. The van der Waals surface area contributed by atoms with E-state index in [0.29, 0.717) is 5.92 Å². The van der Waals surface area contributed by atoms with Gasteiger partial charge in [0, 0.05) is 24.5 Å². The Morgan fingerprint density at radius 3 is 2.50 bits per heavy atom. The quantitative estimate of drug-likeness (QED) is 0.808. The van der Waals surface area contributed by atoms with Gasteiger partial charge in [0.25, 0.3) is 0 Å². The van der Waals surface area contributed by atoms with Crippen LogP contribution in [0.25, 0.3) is 0 Å². The second kappa shape index (κ2) is 6.27. The van der Waals surface area contributed by atoms with Crippen molar-refractivity contribution in [3.63, 3.8) is 0 Å². The van der Waals surface area contributed by atoms with Gasteiger partial charge < -0.3 is 10.2 Å². The van der Waals surface area contributed by atoms with Gasteiger partial charge >= 0.3 is 0 Å². The van der Waals surface area contributed by atoms with Gasteiger partial charge in [-0.15, -0.1) is 0 Å². The number of nitrogens with zero attached hydrogens (tertiary/aromatic N) is 1. The maximum absolute atomic E-state index is 12.7. The van der Waals surface area contributed by atoms with Crippen molar-refractivity contribution in [3.8, 4) is 0 Å². The summed E-state index contributed by atoms with van der Waals surface area (Å²) in [6.07, 6.45) is 4.80. The SMILES string of the molecule is CC(C)=C[C@@H]1[C@@H](C(=O)Nc2ccc(N3CCCC3)cc2C)C1(C)C. The van der Waals surface area contributed by atoms with Crippen molar-refractivity contribution in [1.29, 1.82) is 0 Å². The highest BCUT2D eigenvalue weighted by Gasteiger charge is 2.60. The number of benzene rings is 1. The standard InChI is InChI=1S/C21H30N2O/c1-14(2)12-17-19(21(17,4)5)20(24)22-18-9-8-16(13-15(18)3)23-10-6-7-11-23/h8-9,12-13,17,19H,6-7,10-11H2,1-5H3,(H,22,24)/t17-,19+/m1/s1. The Kier molecular flexibility index (Phi) is 4.46. The third-order valence-corrected chi connectivity index (χ3v) is 5.65. The molecule has 1 aliphatic heterocycles. The molecule has 0 bridgehead atoms. The highest BCUT2D eigenvalue weighted by atomic mass is 16.2. The molecule has 1 amide bonds. The molecule has 1 aromatic carbocycles. The maximum Gasteiger partial charge on any atom is 0.228 e. The first kappa shape index (κ1) is 17.1. The van der Waals surface area contributed by atoms with E-state index in [-0.39, 0.29) is 17.2 Å². The Labute approximate surface area is 146 Å². The van der Waals surface area contributed by atoms with Crippen LogP contribution in [0.1, 0.15) is 46.1 Å². The lowest BCUT2D eigenvalue weighted by Gasteiger charge is -2.19. The van der Waals surface area contributed by atoms with Gasteiger partial charge in [0.15, 0.2) is 0 Å². The number of allylic oxidation sites excluding steroid dienone is 2. The minimum Gasteiger partial charge on any atom is -0.372 e. The fourth-order valence-electron chi connectivity index (χ4n) is 4.02. The van der Waals surface area contributed by atoms with Crippen molar-refractivity contribution >= 4 is 17.3 Å². The van der Waals surface area contributed by atoms with Crippen molar-refractivity contribution in [2.45, 2.75) is 47.5 Å². The Bertz CT molecular complexity index is 664. The fourth-order valence-corrected chi connectivity index (χ4v) is 4.02. The smallest absolute Gasteiger partial charge is 0.228 e. The molecular weight excluding hydrogens is 296 g/mol. The van der Waals surface area contributed by atoms with Gasteiger partial charge in [-0.05, 0) is 68.7 Å². The number of nitrogens with one attached hydrogen (secondary N) is 1. The molecule has 2 aliphatic rings. The number of hydrogen-bond acceptors (Lipinski definition) is 2. The average molecular weight is 326 g/mol. The molecule has 2 fully saturated rings. The molecule has 1 aliphatic carbocycles. The number of carbonyl (C=O) groups is 1. The van der Waals surface area contributed by atoms with Gasteiger partial charge in [-0.3, -0.25) is 4.79 Å². The monoisotopic (exact) mass is 326 g/mol. The molecule has 130 valence electrons. The lowest BCUT2D eigenvalue weighted by atomic mass is 10.1. The van der Waals surface area contributed by atoms with Crippen LogP contribution in [0.5, 0.6) is 0 Å². The van der Waals surface area contributed by atoms with Gasteiger partial charge in [0.05, 0.1) is 5.92 Å². The van der Waals surface area contributed by atoms with Crippen LogP contribution >= 0.6 is 0 Å². The van der Waals surface area contributed by atoms with E-state index in [1.165, 1.54) is 24.1 Å². The zero-order chi connectivity index (χ0) is 17.5. The summed E-state index contributed by atoms with van der Waals surface area (Å²) in [4.78, 5) is 15.1. The normalized spacial score (nSPS) is 24.6. The summed E-state index contributed by atoms with van der Waals surface area (Å²) in [5.41, 5.74) is 4.71. The summed E-state index contributed by atoms with van der Waals surface area (Å²) in [7, 11) is 0. The Morgan fingerprint density at radius 2 is 1.92 bits per heavy atom. The molecule has 1 saturated heterocycles. The number of aryl methyl sites for hydroxylation is 1. The van der Waals surface area contributed by atoms with Crippen LogP contribution in [0.15, 0.2) is 29.8 Å². The van der Waals surface area contributed by atoms with Crippen molar-refractivity contribution < 1.29 is 4.79 Å². The third kappa shape index (κ3) is 3.22. The van der Waals surface area contributed by atoms with E-state index < -0.39 is 0 Å². The van der Waals surface area contributed by atoms with Gasteiger partial charge in [0.1, 0.15) is 0 Å². The first-order valence-electron chi connectivity index (χ1n) is 9.12. The first-order chi connectivity index (χ1) is 11.3. The largest absolute Gasteiger partial charge is 0.372 e. The average Bonchev–Trinajstić information content (AvgIpc) is 2.90. The summed E-state index contributed by atoms with van der Waals surface area (Å²) in [6, 6.07) is 6.40. The van der Waals surface area contributed by atoms with E-state index >= 15 is 0 Å². The number of hydrogen-bond donors (Lipinski definition) is 1.